The van der Waals surface area contributed by atoms with Crippen LogP contribution >= 0.6 is 0 Å². The van der Waals surface area contributed by atoms with Gasteiger partial charge in [-0.3, -0.25) is 0 Å². The second kappa shape index (κ2) is 5.20. The number of alkyl halides is 3. The SMILES string of the molecule is Nc1ncc(C(F)(F)F)c(N[C@H]2CC[C@@H](O)CC2)n1. The van der Waals surface area contributed by atoms with Crippen molar-refractivity contribution in [2.24, 2.45) is 0 Å². The Labute approximate surface area is 108 Å². The first kappa shape index (κ1) is 13.9. The summed E-state index contributed by atoms with van der Waals surface area (Å²) in [5, 5.41) is 12.1. The van der Waals surface area contributed by atoms with Gasteiger partial charge in [-0.2, -0.15) is 18.2 Å². The summed E-state index contributed by atoms with van der Waals surface area (Å²) in [6, 6.07) is -0.140. The average molecular weight is 276 g/mol. The Morgan fingerprint density at radius 3 is 2.47 bits per heavy atom. The van der Waals surface area contributed by atoms with Gasteiger partial charge in [0.2, 0.25) is 5.95 Å². The van der Waals surface area contributed by atoms with E-state index >= 15 is 0 Å². The smallest absolute Gasteiger partial charge is 0.393 e. The molecule has 0 aliphatic heterocycles. The molecule has 1 aromatic rings. The lowest BCUT2D eigenvalue weighted by Crippen LogP contribution is -2.29. The summed E-state index contributed by atoms with van der Waals surface area (Å²) >= 11 is 0. The highest BCUT2D eigenvalue weighted by Crippen LogP contribution is 2.34. The minimum Gasteiger partial charge on any atom is -0.393 e. The number of aliphatic hydroxyl groups is 1. The first-order valence-electron chi connectivity index (χ1n) is 6.00. The molecule has 4 N–H and O–H groups in total. The van der Waals surface area contributed by atoms with E-state index in [9.17, 15) is 18.3 Å². The zero-order valence-corrected chi connectivity index (χ0v) is 10.1. The Hall–Kier alpha value is -1.57. The van der Waals surface area contributed by atoms with E-state index in [1.54, 1.807) is 0 Å². The van der Waals surface area contributed by atoms with E-state index in [1.165, 1.54) is 0 Å². The Bertz CT molecular complexity index is 444. The summed E-state index contributed by atoms with van der Waals surface area (Å²) in [5.41, 5.74) is 4.41. The molecule has 1 aromatic heterocycles. The van der Waals surface area contributed by atoms with Crippen molar-refractivity contribution in [2.45, 2.75) is 44.0 Å². The largest absolute Gasteiger partial charge is 0.421 e. The highest BCUT2D eigenvalue weighted by atomic mass is 19.4. The van der Waals surface area contributed by atoms with E-state index in [2.05, 4.69) is 15.3 Å². The van der Waals surface area contributed by atoms with Crippen LogP contribution in [0.4, 0.5) is 24.9 Å². The topological polar surface area (TPSA) is 84.1 Å². The van der Waals surface area contributed by atoms with Crippen LogP contribution in [-0.4, -0.2) is 27.2 Å². The van der Waals surface area contributed by atoms with Crippen LogP contribution in [0, 0.1) is 0 Å². The molecule has 0 amide bonds. The fourth-order valence-electron chi connectivity index (χ4n) is 2.13. The van der Waals surface area contributed by atoms with Crippen LogP contribution in [0.15, 0.2) is 6.20 Å². The van der Waals surface area contributed by atoms with Gasteiger partial charge in [-0.05, 0) is 25.7 Å². The minimum atomic E-state index is -4.52. The van der Waals surface area contributed by atoms with Gasteiger partial charge in [0.05, 0.1) is 6.10 Å². The van der Waals surface area contributed by atoms with Gasteiger partial charge in [0.15, 0.2) is 0 Å². The molecule has 0 atom stereocenters. The second-order valence-corrected chi connectivity index (χ2v) is 4.64. The van der Waals surface area contributed by atoms with E-state index in [0.29, 0.717) is 31.9 Å². The number of nitrogens with zero attached hydrogens (tertiary/aromatic N) is 2. The molecule has 0 unspecified atom stereocenters. The fraction of sp³-hybridized carbons (Fsp3) is 0.636. The predicted molar refractivity (Wildman–Crippen MR) is 63.3 cm³/mol. The Balaban J connectivity index is 2.17. The third kappa shape index (κ3) is 3.46. The normalized spacial score (nSPS) is 24.2. The molecule has 1 aliphatic rings. The Morgan fingerprint density at radius 2 is 1.89 bits per heavy atom. The molecule has 1 aliphatic carbocycles. The molecule has 0 saturated heterocycles. The van der Waals surface area contributed by atoms with Crippen LogP contribution in [0.1, 0.15) is 31.2 Å². The number of aromatic nitrogens is 2. The maximum atomic E-state index is 12.8. The molecule has 0 radical (unpaired) electrons. The quantitative estimate of drug-likeness (QED) is 0.767. The van der Waals surface area contributed by atoms with E-state index in [0.717, 1.165) is 0 Å². The maximum absolute atomic E-state index is 12.8. The number of aliphatic hydroxyl groups excluding tert-OH is 1. The second-order valence-electron chi connectivity index (χ2n) is 4.64. The lowest BCUT2D eigenvalue weighted by Gasteiger charge is -2.27. The van der Waals surface area contributed by atoms with Crippen molar-refractivity contribution in [1.29, 1.82) is 0 Å². The highest BCUT2D eigenvalue weighted by Gasteiger charge is 2.36. The van der Waals surface area contributed by atoms with Gasteiger partial charge in [0.1, 0.15) is 11.4 Å². The summed E-state index contributed by atoms with van der Waals surface area (Å²) in [6.45, 7) is 0. The van der Waals surface area contributed by atoms with Crippen molar-refractivity contribution < 1.29 is 18.3 Å². The van der Waals surface area contributed by atoms with E-state index in [4.69, 9.17) is 5.73 Å². The van der Waals surface area contributed by atoms with Gasteiger partial charge >= 0.3 is 6.18 Å². The number of rotatable bonds is 2. The van der Waals surface area contributed by atoms with Gasteiger partial charge in [-0.1, -0.05) is 0 Å². The van der Waals surface area contributed by atoms with Crippen LogP contribution < -0.4 is 11.1 Å². The van der Waals surface area contributed by atoms with Crippen LogP contribution in [0.3, 0.4) is 0 Å². The van der Waals surface area contributed by atoms with E-state index in [-0.39, 0.29) is 23.9 Å². The predicted octanol–water partition coefficient (Wildman–Crippen LogP) is 1.79. The molecule has 0 spiro atoms. The molecule has 106 valence electrons. The number of hydrogen-bond acceptors (Lipinski definition) is 5. The minimum absolute atomic E-state index is 0.140. The van der Waals surface area contributed by atoms with Crippen molar-refractivity contribution in [3.05, 3.63) is 11.8 Å². The van der Waals surface area contributed by atoms with Crippen LogP contribution in [0.25, 0.3) is 0 Å². The Kier molecular flexibility index (Phi) is 3.79. The molecule has 0 bridgehead atoms. The molecule has 19 heavy (non-hydrogen) atoms. The molecule has 8 heteroatoms. The zero-order chi connectivity index (χ0) is 14.0. The number of anilines is 2. The van der Waals surface area contributed by atoms with E-state index in [1.807, 2.05) is 0 Å². The molecule has 1 heterocycles. The van der Waals surface area contributed by atoms with Crippen molar-refractivity contribution in [3.8, 4) is 0 Å². The fourth-order valence-corrected chi connectivity index (χ4v) is 2.13. The van der Waals surface area contributed by atoms with Gasteiger partial charge < -0.3 is 16.2 Å². The standard InChI is InChI=1S/C11H15F3N4O/c12-11(13,14)8-5-16-10(15)18-9(8)17-6-1-3-7(19)4-2-6/h5-7,19H,1-4H2,(H3,15,16,17,18)/t6-,7+. The van der Waals surface area contributed by atoms with Gasteiger partial charge in [-0.25, -0.2) is 4.98 Å². The first-order chi connectivity index (χ1) is 8.86. The third-order valence-corrected chi connectivity index (χ3v) is 3.15. The van der Waals surface area contributed by atoms with Crippen molar-refractivity contribution >= 4 is 11.8 Å². The van der Waals surface area contributed by atoms with Gasteiger partial charge in [0, 0.05) is 12.2 Å². The summed E-state index contributed by atoms with van der Waals surface area (Å²) < 4.78 is 38.4. The third-order valence-electron chi connectivity index (χ3n) is 3.15. The number of halogens is 3. The van der Waals surface area contributed by atoms with Gasteiger partial charge in [-0.15, -0.1) is 0 Å². The Morgan fingerprint density at radius 1 is 1.26 bits per heavy atom. The number of hydrogen-bond donors (Lipinski definition) is 3. The lowest BCUT2D eigenvalue weighted by molar-refractivity contribution is -0.137. The van der Waals surface area contributed by atoms with E-state index < -0.39 is 11.7 Å². The molecule has 2 rings (SSSR count). The number of nitrogens with two attached hydrogens (primary N) is 1. The molecular weight excluding hydrogens is 261 g/mol. The van der Waals surface area contributed by atoms with Crippen molar-refractivity contribution in [3.63, 3.8) is 0 Å². The number of nitrogen functional groups attached to an aromatic ring is 1. The summed E-state index contributed by atoms with van der Waals surface area (Å²) in [4.78, 5) is 7.00. The molecule has 1 saturated carbocycles. The first-order valence-corrected chi connectivity index (χ1v) is 6.00. The summed E-state index contributed by atoms with van der Waals surface area (Å²) in [6.07, 6.45) is -1.87. The molecule has 1 fully saturated rings. The van der Waals surface area contributed by atoms with Crippen molar-refractivity contribution in [1.82, 2.24) is 9.97 Å². The van der Waals surface area contributed by atoms with Crippen LogP contribution in [0.5, 0.6) is 0 Å². The highest BCUT2D eigenvalue weighted by molar-refractivity contribution is 5.48. The average Bonchev–Trinajstić information content (AvgIpc) is 2.30. The van der Waals surface area contributed by atoms with Crippen molar-refractivity contribution in [2.75, 3.05) is 11.1 Å². The lowest BCUT2D eigenvalue weighted by atomic mass is 9.93. The molecule has 5 nitrogen and oxygen atoms in total. The molecular formula is C11H15F3N4O. The monoisotopic (exact) mass is 276 g/mol. The number of nitrogens with one attached hydrogen (secondary N) is 1. The summed E-state index contributed by atoms with van der Waals surface area (Å²) in [5.74, 6) is -0.493. The molecule has 0 aromatic carbocycles. The van der Waals surface area contributed by atoms with Crippen LogP contribution in [0.2, 0.25) is 0 Å². The van der Waals surface area contributed by atoms with Gasteiger partial charge in [0.25, 0.3) is 0 Å². The zero-order valence-electron chi connectivity index (χ0n) is 10.1. The summed E-state index contributed by atoms with van der Waals surface area (Å²) in [7, 11) is 0. The maximum Gasteiger partial charge on any atom is 0.421 e. The van der Waals surface area contributed by atoms with Crippen LogP contribution in [-0.2, 0) is 6.18 Å².